The quantitative estimate of drug-likeness (QED) is 0.728. The lowest BCUT2D eigenvalue weighted by Gasteiger charge is -2.31. The number of anilines is 1. The number of rotatable bonds is 4. The molecule has 0 N–H and O–H groups in total. The Hall–Kier alpha value is -2.76. The fourth-order valence-electron chi connectivity index (χ4n) is 3.26. The van der Waals surface area contributed by atoms with Crippen LogP contribution >= 0.6 is 0 Å². The van der Waals surface area contributed by atoms with Crippen LogP contribution in [-0.4, -0.2) is 28.0 Å². The minimum Gasteiger partial charge on any atom is -0.445 e. The Kier molecular flexibility index (Phi) is 4.41. The van der Waals surface area contributed by atoms with E-state index in [2.05, 4.69) is 19.9 Å². The van der Waals surface area contributed by atoms with Crippen LogP contribution in [0.1, 0.15) is 36.0 Å². The highest BCUT2D eigenvalue weighted by Crippen LogP contribution is 2.28. The van der Waals surface area contributed by atoms with Crippen molar-refractivity contribution >= 4 is 5.95 Å². The molecule has 0 radical (unpaired) electrons. The van der Waals surface area contributed by atoms with Crippen molar-refractivity contribution in [3.63, 3.8) is 0 Å². The van der Waals surface area contributed by atoms with Gasteiger partial charge < -0.3 is 9.32 Å². The Morgan fingerprint density at radius 3 is 2.88 bits per heavy atom. The molecule has 1 atom stereocenters. The molecule has 4 rings (SSSR count). The van der Waals surface area contributed by atoms with E-state index < -0.39 is 0 Å². The zero-order chi connectivity index (χ0) is 17.1. The molecule has 128 valence electrons. The molecular formula is C19H19FN4O. The number of piperidine rings is 1. The zero-order valence-corrected chi connectivity index (χ0v) is 13.8. The third-order valence-corrected chi connectivity index (χ3v) is 4.44. The largest absolute Gasteiger partial charge is 0.445 e. The van der Waals surface area contributed by atoms with Crippen molar-refractivity contribution in [2.75, 3.05) is 18.0 Å². The molecule has 0 bridgehead atoms. The Morgan fingerprint density at radius 1 is 1.16 bits per heavy atom. The minimum atomic E-state index is -0.233. The van der Waals surface area contributed by atoms with Crippen LogP contribution in [0, 0.1) is 5.82 Å². The van der Waals surface area contributed by atoms with Gasteiger partial charge in [0.25, 0.3) is 0 Å². The van der Waals surface area contributed by atoms with E-state index in [0.29, 0.717) is 6.42 Å². The van der Waals surface area contributed by atoms with Crippen molar-refractivity contribution in [2.45, 2.75) is 25.2 Å². The van der Waals surface area contributed by atoms with Crippen molar-refractivity contribution in [2.24, 2.45) is 0 Å². The Labute approximate surface area is 145 Å². The van der Waals surface area contributed by atoms with Crippen LogP contribution < -0.4 is 4.90 Å². The van der Waals surface area contributed by atoms with Crippen LogP contribution in [0.2, 0.25) is 0 Å². The van der Waals surface area contributed by atoms with E-state index in [1.54, 1.807) is 24.7 Å². The van der Waals surface area contributed by atoms with E-state index in [1.807, 2.05) is 12.1 Å². The summed E-state index contributed by atoms with van der Waals surface area (Å²) in [5.41, 5.74) is 0.880. The molecule has 1 aliphatic heterocycles. The van der Waals surface area contributed by atoms with Gasteiger partial charge in [0, 0.05) is 31.9 Å². The zero-order valence-electron chi connectivity index (χ0n) is 13.8. The Bertz CT molecular complexity index is 836. The number of aromatic nitrogens is 3. The standard InChI is InChI=1S/C19H19FN4O/c20-16-6-1-4-14(10-16)11-17-12-23-18(25-17)15-5-2-9-24(13-15)19-21-7-3-8-22-19/h1,3-4,6-8,10,12,15H,2,5,9,11,13H2/t15-/m0/s1. The number of nitrogens with zero attached hydrogens (tertiary/aromatic N) is 4. The summed E-state index contributed by atoms with van der Waals surface area (Å²) in [6, 6.07) is 8.38. The lowest BCUT2D eigenvalue weighted by Crippen LogP contribution is -2.35. The molecule has 1 aliphatic rings. The summed E-state index contributed by atoms with van der Waals surface area (Å²) in [6.07, 6.45) is 7.89. The van der Waals surface area contributed by atoms with Crippen molar-refractivity contribution < 1.29 is 8.81 Å². The monoisotopic (exact) mass is 338 g/mol. The minimum absolute atomic E-state index is 0.221. The molecule has 6 heteroatoms. The molecule has 3 aromatic rings. The molecule has 0 aliphatic carbocycles. The average Bonchev–Trinajstić information content (AvgIpc) is 3.11. The molecule has 1 saturated heterocycles. The first-order valence-corrected chi connectivity index (χ1v) is 8.49. The predicted octanol–water partition coefficient (Wildman–Crippen LogP) is 3.58. The number of hydrogen-bond acceptors (Lipinski definition) is 5. The molecule has 5 nitrogen and oxygen atoms in total. The molecule has 0 amide bonds. The molecule has 0 saturated carbocycles. The van der Waals surface area contributed by atoms with Gasteiger partial charge in [-0.25, -0.2) is 19.3 Å². The van der Waals surface area contributed by atoms with Crippen LogP contribution in [-0.2, 0) is 6.42 Å². The van der Waals surface area contributed by atoms with Crippen molar-refractivity contribution in [1.29, 1.82) is 0 Å². The second-order valence-electron chi connectivity index (χ2n) is 6.31. The van der Waals surface area contributed by atoms with E-state index in [1.165, 1.54) is 12.1 Å². The van der Waals surface area contributed by atoms with Crippen molar-refractivity contribution in [3.8, 4) is 0 Å². The lowest BCUT2D eigenvalue weighted by molar-refractivity contribution is 0.383. The third kappa shape index (κ3) is 3.68. The maximum Gasteiger partial charge on any atom is 0.225 e. The van der Waals surface area contributed by atoms with Gasteiger partial charge in [0.1, 0.15) is 11.6 Å². The fourth-order valence-corrected chi connectivity index (χ4v) is 3.26. The first-order valence-electron chi connectivity index (χ1n) is 8.49. The summed E-state index contributed by atoms with van der Waals surface area (Å²) < 4.78 is 19.3. The highest BCUT2D eigenvalue weighted by molar-refractivity contribution is 5.30. The van der Waals surface area contributed by atoms with Gasteiger partial charge in [-0.2, -0.15) is 0 Å². The molecule has 0 spiro atoms. The van der Waals surface area contributed by atoms with Crippen molar-refractivity contribution in [3.05, 3.63) is 72.0 Å². The number of oxazole rings is 1. The lowest BCUT2D eigenvalue weighted by atomic mass is 9.98. The molecule has 1 aromatic carbocycles. The maximum atomic E-state index is 13.3. The Morgan fingerprint density at radius 2 is 2.04 bits per heavy atom. The second-order valence-corrected chi connectivity index (χ2v) is 6.31. The molecule has 1 fully saturated rings. The average molecular weight is 338 g/mol. The van der Waals surface area contributed by atoms with E-state index >= 15 is 0 Å². The summed E-state index contributed by atoms with van der Waals surface area (Å²) in [5, 5.41) is 0. The van der Waals surface area contributed by atoms with E-state index in [4.69, 9.17) is 4.42 Å². The third-order valence-electron chi connectivity index (χ3n) is 4.44. The van der Waals surface area contributed by atoms with Crippen LogP contribution in [0.25, 0.3) is 0 Å². The first-order chi connectivity index (χ1) is 12.3. The van der Waals surface area contributed by atoms with E-state index in [9.17, 15) is 4.39 Å². The van der Waals surface area contributed by atoms with Crippen LogP contribution in [0.15, 0.2) is 53.3 Å². The summed E-state index contributed by atoms with van der Waals surface area (Å²) >= 11 is 0. The summed E-state index contributed by atoms with van der Waals surface area (Å²) in [6.45, 7) is 1.74. The summed E-state index contributed by atoms with van der Waals surface area (Å²) in [4.78, 5) is 15.3. The topological polar surface area (TPSA) is 55.1 Å². The fraction of sp³-hybridized carbons (Fsp3) is 0.316. The summed E-state index contributed by atoms with van der Waals surface area (Å²) in [7, 11) is 0. The van der Waals surface area contributed by atoms with Crippen LogP contribution in [0.3, 0.4) is 0 Å². The van der Waals surface area contributed by atoms with Crippen molar-refractivity contribution in [1.82, 2.24) is 15.0 Å². The van der Waals surface area contributed by atoms with Gasteiger partial charge in [-0.1, -0.05) is 12.1 Å². The second kappa shape index (κ2) is 7.01. The summed E-state index contributed by atoms with van der Waals surface area (Å²) in [5.74, 6) is 2.24. The van der Waals surface area contributed by atoms with Gasteiger partial charge in [0.05, 0.1) is 12.1 Å². The van der Waals surface area contributed by atoms with Gasteiger partial charge in [0.2, 0.25) is 5.95 Å². The van der Waals surface area contributed by atoms with Crippen LogP contribution in [0.5, 0.6) is 0 Å². The molecular weight excluding hydrogens is 319 g/mol. The molecule has 2 aromatic heterocycles. The number of benzene rings is 1. The van der Waals surface area contributed by atoms with E-state index in [0.717, 1.165) is 49.1 Å². The van der Waals surface area contributed by atoms with Gasteiger partial charge in [-0.05, 0) is 36.6 Å². The maximum absolute atomic E-state index is 13.3. The highest BCUT2D eigenvalue weighted by atomic mass is 19.1. The van der Waals surface area contributed by atoms with Gasteiger partial charge >= 0.3 is 0 Å². The molecule has 25 heavy (non-hydrogen) atoms. The van der Waals surface area contributed by atoms with Crippen LogP contribution in [0.4, 0.5) is 10.3 Å². The first kappa shape index (κ1) is 15.7. The van der Waals surface area contributed by atoms with Gasteiger partial charge in [0.15, 0.2) is 5.89 Å². The smallest absolute Gasteiger partial charge is 0.225 e. The molecule has 3 heterocycles. The number of hydrogen-bond donors (Lipinski definition) is 0. The van der Waals surface area contributed by atoms with Gasteiger partial charge in [-0.15, -0.1) is 0 Å². The normalized spacial score (nSPS) is 17.6. The number of halogens is 1. The van der Waals surface area contributed by atoms with Gasteiger partial charge in [-0.3, -0.25) is 0 Å². The van der Waals surface area contributed by atoms with E-state index in [-0.39, 0.29) is 11.7 Å². The Balaban J connectivity index is 1.46. The molecule has 0 unspecified atom stereocenters. The highest BCUT2D eigenvalue weighted by Gasteiger charge is 2.26. The predicted molar refractivity (Wildman–Crippen MR) is 91.9 cm³/mol. The SMILES string of the molecule is Fc1cccc(Cc2cnc([C@H]3CCCN(c4ncccn4)C3)o2)c1.